The molecule has 0 spiro atoms. The van der Waals surface area contributed by atoms with Gasteiger partial charge in [-0.3, -0.25) is 0 Å². The standard InChI is InChI=1S/C16H18ClNO3/c1-10-7-14(19)21-16-11(10)8-13(17)15(20)12(16)9-18-5-3-2-4-6-18/h7-8,20H,2-6,9H2,1H3/p+1. The summed E-state index contributed by atoms with van der Waals surface area (Å²) in [4.78, 5) is 13.0. The van der Waals surface area contributed by atoms with Crippen molar-refractivity contribution in [3.8, 4) is 5.75 Å². The number of quaternary nitrogens is 1. The van der Waals surface area contributed by atoms with Gasteiger partial charge in [0, 0.05) is 11.5 Å². The van der Waals surface area contributed by atoms with E-state index in [4.69, 9.17) is 16.0 Å². The summed E-state index contributed by atoms with van der Waals surface area (Å²) in [6, 6.07) is 3.12. The summed E-state index contributed by atoms with van der Waals surface area (Å²) < 4.78 is 5.36. The molecule has 0 atom stereocenters. The van der Waals surface area contributed by atoms with Crippen LogP contribution in [0.1, 0.15) is 30.4 Å². The summed E-state index contributed by atoms with van der Waals surface area (Å²) in [7, 11) is 0. The van der Waals surface area contributed by atoms with Crippen LogP contribution in [0.25, 0.3) is 11.0 Å². The molecule has 1 fully saturated rings. The quantitative estimate of drug-likeness (QED) is 0.835. The van der Waals surface area contributed by atoms with Crippen molar-refractivity contribution in [1.82, 2.24) is 0 Å². The van der Waals surface area contributed by atoms with Gasteiger partial charge in [-0.05, 0) is 37.8 Å². The Kier molecular flexibility index (Phi) is 3.91. The second kappa shape index (κ2) is 5.70. The highest BCUT2D eigenvalue weighted by molar-refractivity contribution is 6.33. The van der Waals surface area contributed by atoms with Gasteiger partial charge in [-0.1, -0.05) is 11.6 Å². The van der Waals surface area contributed by atoms with Crippen molar-refractivity contribution in [2.45, 2.75) is 32.7 Å². The van der Waals surface area contributed by atoms with Crippen LogP contribution < -0.4 is 10.5 Å². The van der Waals surface area contributed by atoms with E-state index in [-0.39, 0.29) is 5.75 Å². The molecule has 1 saturated heterocycles. The summed E-state index contributed by atoms with van der Waals surface area (Å²) in [5, 5.41) is 11.4. The van der Waals surface area contributed by atoms with Crippen molar-refractivity contribution in [3.05, 3.63) is 38.7 Å². The Hall–Kier alpha value is -1.52. The minimum absolute atomic E-state index is 0.0380. The van der Waals surface area contributed by atoms with Crippen LogP contribution in [0.3, 0.4) is 0 Å². The molecule has 4 nitrogen and oxygen atoms in total. The molecule has 0 saturated carbocycles. The Labute approximate surface area is 127 Å². The van der Waals surface area contributed by atoms with E-state index in [9.17, 15) is 9.90 Å². The molecule has 1 aromatic heterocycles. The maximum absolute atomic E-state index is 11.7. The fourth-order valence-electron chi connectivity index (χ4n) is 3.11. The van der Waals surface area contributed by atoms with Crippen molar-refractivity contribution < 1.29 is 14.4 Å². The van der Waals surface area contributed by atoms with Gasteiger partial charge >= 0.3 is 5.63 Å². The highest BCUT2D eigenvalue weighted by Crippen LogP contribution is 2.34. The van der Waals surface area contributed by atoms with Crippen LogP contribution in [0, 0.1) is 6.92 Å². The lowest BCUT2D eigenvalue weighted by atomic mass is 10.0. The molecule has 2 N–H and O–H groups in total. The molecule has 2 heterocycles. The average Bonchev–Trinajstić information content (AvgIpc) is 2.46. The number of likely N-dealkylation sites (tertiary alicyclic amines) is 1. The molecule has 21 heavy (non-hydrogen) atoms. The summed E-state index contributed by atoms with van der Waals surface area (Å²) in [6.45, 7) is 4.63. The fourth-order valence-corrected chi connectivity index (χ4v) is 3.33. The molecule has 0 bridgehead atoms. The van der Waals surface area contributed by atoms with Crippen LogP contribution in [-0.2, 0) is 6.54 Å². The highest BCUT2D eigenvalue weighted by atomic mass is 35.5. The molecule has 0 aliphatic carbocycles. The molecular weight excluding hydrogens is 290 g/mol. The third-order valence-corrected chi connectivity index (χ3v) is 4.54. The Bertz CT molecular complexity index is 732. The summed E-state index contributed by atoms with van der Waals surface area (Å²) in [5.41, 5.74) is 1.55. The van der Waals surface area contributed by atoms with E-state index in [0.717, 1.165) is 24.0 Å². The third-order valence-electron chi connectivity index (χ3n) is 4.25. The van der Waals surface area contributed by atoms with E-state index in [0.29, 0.717) is 22.7 Å². The maximum atomic E-state index is 11.7. The number of nitrogens with one attached hydrogen (secondary N) is 1. The number of hydrogen-bond donors (Lipinski definition) is 2. The van der Waals surface area contributed by atoms with Gasteiger partial charge in [0.2, 0.25) is 0 Å². The van der Waals surface area contributed by atoms with E-state index >= 15 is 0 Å². The van der Waals surface area contributed by atoms with Gasteiger partial charge < -0.3 is 14.4 Å². The predicted molar refractivity (Wildman–Crippen MR) is 82.1 cm³/mol. The molecule has 0 radical (unpaired) electrons. The number of fused-ring (bicyclic) bond motifs is 1. The molecule has 112 valence electrons. The van der Waals surface area contributed by atoms with E-state index in [2.05, 4.69) is 0 Å². The van der Waals surface area contributed by atoms with E-state index in [1.54, 1.807) is 6.07 Å². The van der Waals surface area contributed by atoms with Crippen LogP contribution >= 0.6 is 11.6 Å². The van der Waals surface area contributed by atoms with E-state index in [1.165, 1.54) is 30.2 Å². The first-order valence-corrected chi connectivity index (χ1v) is 7.72. The Morgan fingerprint density at radius 3 is 2.71 bits per heavy atom. The van der Waals surface area contributed by atoms with E-state index < -0.39 is 5.63 Å². The molecule has 0 amide bonds. The Morgan fingerprint density at radius 1 is 1.29 bits per heavy atom. The van der Waals surface area contributed by atoms with Gasteiger partial charge in [0.15, 0.2) is 5.58 Å². The summed E-state index contributed by atoms with van der Waals surface area (Å²) >= 11 is 6.14. The van der Waals surface area contributed by atoms with Gasteiger partial charge in [0.05, 0.1) is 23.7 Å². The zero-order valence-electron chi connectivity index (χ0n) is 12.0. The highest BCUT2D eigenvalue weighted by Gasteiger charge is 2.22. The molecule has 0 unspecified atom stereocenters. The predicted octanol–water partition coefficient (Wildman–Crippen LogP) is 2.03. The number of aryl methyl sites for hydroxylation is 1. The number of aromatic hydroxyl groups is 1. The van der Waals surface area contributed by atoms with Gasteiger partial charge in [-0.15, -0.1) is 0 Å². The van der Waals surface area contributed by atoms with Crippen molar-refractivity contribution in [2.24, 2.45) is 0 Å². The number of phenols is 1. The largest absolute Gasteiger partial charge is 0.506 e. The van der Waals surface area contributed by atoms with Crippen LogP contribution in [-0.4, -0.2) is 18.2 Å². The molecular formula is C16H19ClNO3+. The zero-order valence-corrected chi connectivity index (χ0v) is 12.8. The van der Waals surface area contributed by atoms with Gasteiger partial charge in [-0.2, -0.15) is 0 Å². The first-order valence-electron chi connectivity index (χ1n) is 7.34. The first-order chi connectivity index (χ1) is 10.1. The minimum Gasteiger partial charge on any atom is -0.506 e. The van der Waals surface area contributed by atoms with Crippen molar-refractivity contribution >= 4 is 22.6 Å². The first kappa shape index (κ1) is 14.4. The molecule has 1 aliphatic heterocycles. The number of hydrogen-bond acceptors (Lipinski definition) is 3. The fraction of sp³-hybridized carbons (Fsp3) is 0.438. The van der Waals surface area contributed by atoms with Gasteiger partial charge in [-0.25, -0.2) is 4.79 Å². The minimum atomic E-state index is -0.392. The Morgan fingerprint density at radius 2 is 2.00 bits per heavy atom. The van der Waals surface area contributed by atoms with Gasteiger partial charge in [0.1, 0.15) is 12.3 Å². The van der Waals surface area contributed by atoms with Crippen LogP contribution in [0.4, 0.5) is 0 Å². The maximum Gasteiger partial charge on any atom is 0.336 e. The summed E-state index contributed by atoms with van der Waals surface area (Å²) in [5.74, 6) is 0.0380. The number of benzene rings is 1. The lowest BCUT2D eigenvalue weighted by molar-refractivity contribution is -0.918. The second-order valence-corrected chi connectivity index (χ2v) is 6.21. The zero-order chi connectivity index (χ0) is 15.0. The van der Waals surface area contributed by atoms with Gasteiger partial charge in [0.25, 0.3) is 0 Å². The van der Waals surface area contributed by atoms with Crippen molar-refractivity contribution in [1.29, 1.82) is 0 Å². The normalized spacial score (nSPS) is 16.5. The molecule has 1 aliphatic rings. The SMILES string of the molecule is Cc1cc(=O)oc2c(C[NH+]3CCCCC3)c(O)c(Cl)cc12. The molecule has 5 heteroatoms. The van der Waals surface area contributed by atoms with Crippen molar-refractivity contribution in [3.63, 3.8) is 0 Å². The molecule has 2 aromatic rings. The van der Waals surface area contributed by atoms with Crippen LogP contribution in [0.5, 0.6) is 5.75 Å². The lowest BCUT2D eigenvalue weighted by Crippen LogP contribution is -3.11. The van der Waals surface area contributed by atoms with Crippen LogP contribution in [0.15, 0.2) is 21.3 Å². The van der Waals surface area contributed by atoms with E-state index in [1.807, 2.05) is 6.92 Å². The second-order valence-electron chi connectivity index (χ2n) is 5.80. The topological polar surface area (TPSA) is 54.9 Å². The number of piperidine rings is 1. The molecule has 1 aromatic carbocycles. The number of phenolic OH excluding ortho intramolecular Hbond substituents is 1. The monoisotopic (exact) mass is 308 g/mol. The Balaban J connectivity index is 2.14. The third kappa shape index (κ3) is 2.78. The lowest BCUT2D eigenvalue weighted by Gasteiger charge is -2.24. The average molecular weight is 309 g/mol. The summed E-state index contributed by atoms with van der Waals surface area (Å²) in [6.07, 6.45) is 3.65. The number of rotatable bonds is 2. The smallest absolute Gasteiger partial charge is 0.336 e. The molecule has 3 rings (SSSR count). The number of halogens is 1. The van der Waals surface area contributed by atoms with Crippen molar-refractivity contribution in [2.75, 3.05) is 13.1 Å². The van der Waals surface area contributed by atoms with Crippen LogP contribution in [0.2, 0.25) is 5.02 Å².